The van der Waals surface area contributed by atoms with Gasteiger partial charge in [-0.15, -0.1) is 10.2 Å². The fraction of sp³-hybridized carbons (Fsp3) is 0.208. The van der Waals surface area contributed by atoms with Gasteiger partial charge in [0.25, 0.3) is 0 Å². The molecule has 5 aromatic rings. The number of aryl methyl sites for hydroxylation is 2. The second-order valence-electron chi connectivity index (χ2n) is 7.84. The van der Waals surface area contributed by atoms with E-state index in [-0.39, 0.29) is 0 Å². The Morgan fingerprint density at radius 3 is 2.53 bits per heavy atom. The third-order valence-electron chi connectivity index (χ3n) is 5.65. The highest BCUT2D eigenvalue weighted by molar-refractivity contribution is 5.80. The maximum Gasteiger partial charge on any atom is 0.312 e. The third kappa shape index (κ3) is 3.49. The molecule has 0 saturated carbocycles. The molecule has 3 aromatic heterocycles. The van der Waals surface area contributed by atoms with Crippen LogP contribution in [0.15, 0.2) is 60.8 Å². The number of nitrogens with one attached hydrogen (secondary N) is 1. The number of fused-ring (bicyclic) bond motifs is 1. The number of pyridine rings is 1. The summed E-state index contributed by atoms with van der Waals surface area (Å²) in [5.74, 6) is 1.50. The topological polar surface area (TPSA) is 99.2 Å². The van der Waals surface area contributed by atoms with E-state index in [1.165, 1.54) is 0 Å². The summed E-state index contributed by atoms with van der Waals surface area (Å²) < 4.78 is 2.96. The van der Waals surface area contributed by atoms with Gasteiger partial charge in [-0.25, -0.2) is 14.3 Å². The molecular formula is C24H23N7O. The molecule has 160 valence electrons. The number of rotatable bonds is 6. The quantitative estimate of drug-likeness (QED) is 0.329. The largest absolute Gasteiger partial charge is 0.711 e. The molecule has 0 bridgehead atoms. The molecule has 32 heavy (non-hydrogen) atoms. The van der Waals surface area contributed by atoms with E-state index in [0.717, 1.165) is 56.7 Å². The van der Waals surface area contributed by atoms with E-state index < -0.39 is 0 Å². The molecule has 5 rings (SSSR count). The van der Waals surface area contributed by atoms with Crippen LogP contribution in [0.5, 0.6) is 0 Å². The minimum absolute atomic E-state index is 0.564. The molecule has 0 radical (unpaired) electrons. The molecule has 0 atom stereocenters. The van der Waals surface area contributed by atoms with Crippen LogP contribution in [0, 0.1) is 12.1 Å². The van der Waals surface area contributed by atoms with Crippen LogP contribution in [0.1, 0.15) is 30.3 Å². The Hall–Kier alpha value is -4.07. The minimum Gasteiger partial charge on any atom is -0.711 e. The van der Waals surface area contributed by atoms with E-state index in [1.807, 2.05) is 41.8 Å². The fourth-order valence-corrected chi connectivity index (χ4v) is 4.07. The molecule has 0 amide bonds. The van der Waals surface area contributed by atoms with E-state index in [4.69, 9.17) is 4.98 Å². The molecule has 0 aliphatic rings. The summed E-state index contributed by atoms with van der Waals surface area (Å²) in [5, 5.41) is 27.0. The second kappa shape index (κ2) is 8.22. The van der Waals surface area contributed by atoms with Gasteiger partial charge in [-0.1, -0.05) is 55.5 Å². The van der Waals surface area contributed by atoms with Crippen LogP contribution in [0.2, 0.25) is 0 Å². The molecule has 0 fully saturated rings. The average Bonchev–Trinajstić information content (AvgIpc) is 3.47. The zero-order chi connectivity index (χ0) is 22.1. The Balaban J connectivity index is 1.51. The summed E-state index contributed by atoms with van der Waals surface area (Å²) in [5.41, 5.74) is 6.52. The van der Waals surface area contributed by atoms with Gasteiger partial charge in [0.2, 0.25) is 5.82 Å². The first kappa shape index (κ1) is 19.9. The highest BCUT2D eigenvalue weighted by atomic mass is 16.5. The Kier molecular flexibility index (Phi) is 5.10. The lowest BCUT2D eigenvalue weighted by atomic mass is 9.98. The van der Waals surface area contributed by atoms with Gasteiger partial charge in [0.1, 0.15) is 6.54 Å². The smallest absolute Gasteiger partial charge is 0.312 e. The van der Waals surface area contributed by atoms with Gasteiger partial charge in [0.15, 0.2) is 11.3 Å². The van der Waals surface area contributed by atoms with Crippen LogP contribution in [0.25, 0.3) is 33.7 Å². The Bertz CT molecular complexity index is 1370. The summed E-state index contributed by atoms with van der Waals surface area (Å²) in [6, 6.07) is 18.2. The van der Waals surface area contributed by atoms with Gasteiger partial charge >= 0.3 is 5.65 Å². The summed E-state index contributed by atoms with van der Waals surface area (Å²) in [7, 11) is 0. The molecule has 0 aliphatic heterocycles. The number of nitrogens with zero attached hydrogens (tertiary/aromatic N) is 6. The van der Waals surface area contributed by atoms with Crippen molar-refractivity contribution >= 4 is 11.2 Å². The predicted molar refractivity (Wildman–Crippen MR) is 122 cm³/mol. The molecular weight excluding hydrogens is 402 g/mol. The van der Waals surface area contributed by atoms with Gasteiger partial charge < -0.3 is 5.21 Å². The van der Waals surface area contributed by atoms with Crippen LogP contribution < -0.4 is 4.73 Å². The first-order valence-corrected chi connectivity index (χ1v) is 10.7. The summed E-state index contributed by atoms with van der Waals surface area (Å²) in [6.07, 6.45) is 3.35. The van der Waals surface area contributed by atoms with Crippen molar-refractivity contribution in [2.75, 3.05) is 0 Å². The normalized spacial score (nSPS) is 11.3. The van der Waals surface area contributed by atoms with Crippen molar-refractivity contribution in [2.24, 2.45) is 0 Å². The van der Waals surface area contributed by atoms with E-state index in [9.17, 15) is 5.21 Å². The lowest BCUT2D eigenvalue weighted by Gasteiger charge is -2.09. The van der Waals surface area contributed by atoms with E-state index >= 15 is 0 Å². The standard InChI is InChI=1S/C24H23N7O/c1-3-6-21-25-22-16(2)13-14-31(32)24(22)30(21)15-17-9-11-18(12-10-17)19-7-4-5-8-20(19)23-26-28-29-27-23/h4-5,7-14H,3,6,15H2,1-2H3,(H,26,27,28,29). The maximum absolute atomic E-state index is 12.6. The van der Waals surface area contributed by atoms with E-state index in [2.05, 4.69) is 51.8 Å². The number of imidazole rings is 1. The molecule has 3 heterocycles. The lowest BCUT2D eigenvalue weighted by Crippen LogP contribution is -2.29. The molecule has 1 N–H and O–H groups in total. The highest BCUT2D eigenvalue weighted by Crippen LogP contribution is 2.30. The molecule has 0 unspecified atom stereocenters. The zero-order valence-corrected chi connectivity index (χ0v) is 18.0. The SMILES string of the molecule is CCCc1nc2c(C)cc[n+]([O-])c2n1Cc1ccc(-c2ccccc2-c2nn[nH]n2)cc1. The van der Waals surface area contributed by atoms with E-state index in [0.29, 0.717) is 18.0 Å². The Labute approximate surface area is 185 Å². The first-order chi connectivity index (χ1) is 15.7. The highest BCUT2D eigenvalue weighted by Gasteiger charge is 2.21. The Morgan fingerprint density at radius 1 is 1.03 bits per heavy atom. The number of hydrogen-bond acceptors (Lipinski definition) is 5. The number of H-pyrrole nitrogens is 1. The van der Waals surface area contributed by atoms with Gasteiger partial charge in [-0.2, -0.15) is 5.21 Å². The molecule has 0 spiro atoms. The van der Waals surface area contributed by atoms with Crippen LogP contribution >= 0.6 is 0 Å². The number of tetrazole rings is 1. The summed E-state index contributed by atoms with van der Waals surface area (Å²) in [6.45, 7) is 4.70. The average molecular weight is 425 g/mol. The number of benzene rings is 2. The van der Waals surface area contributed by atoms with Crippen LogP contribution in [-0.2, 0) is 13.0 Å². The van der Waals surface area contributed by atoms with Gasteiger partial charge in [0, 0.05) is 12.0 Å². The third-order valence-corrected chi connectivity index (χ3v) is 5.65. The van der Waals surface area contributed by atoms with Crippen molar-refractivity contribution in [1.82, 2.24) is 30.2 Å². The minimum atomic E-state index is 0.564. The fourth-order valence-electron chi connectivity index (χ4n) is 4.07. The molecule has 8 heteroatoms. The van der Waals surface area contributed by atoms with Crippen molar-refractivity contribution < 1.29 is 4.73 Å². The van der Waals surface area contributed by atoms with Crippen molar-refractivity contribution in [2.45, 2.75) is 33.2 Å². The van der Waals surface area contributed by atoms with E-state index in [1.54, 1.807) is 6.20 Å². The number of aromatic amines is 1. The Morgan fingerprint density at radius 2 is 1.81 bits per heavy atom. The molecule has 2 aromatic carbocycles. The van der Waals surface area contributed by atoms with Crippen LogP contribution in [-0.4, -0.2) is 30.2 Å². The van der Waals surface area contributed by atoms with Crippen molar-refractivity contribution in [3.63, 3.8) is 0 Å². The van der Waals surface area contributed by atoms with Crippen LogP contribution in [0.4, 0.5) is 0 Å². The van der Waals surface area contributed by atoms with Crippen molar-refractivity contribution in [3.8, 4) is 22.5 Å². The number of aromatic nitrogens is 7. The maximum atomic E-state index is 12.6. The number of hydrogen-bond donors (Lipinski definition) is 1. The predicted octanol–water partition coefficient (Wildman–Crippen LogP) is 3.83. The monoisotopic (exact) mass is 425 g/mol. The summed E-state index contributed by atoms with van der Waals surface area (Å²) in [4.78, 5) is 4.78. The van der Waals surface area contributed by atoms with Gasteiger partial charge in [0.05, 0.1) is 6.20 Å². The van der Waals surface area contributed by atoms with Crippen molar-refractivity contribution in [1.29, 1.82) is 0 Å². The zero-order valence-electron chi connectivity index (χ0n) is 18.0. The van der Waals surface area contributed by atoms with Crippen LogP contribution in [0.3, 0.4) is 0 Å². The molecule has 0 aliphatic carbocycles. The van der Waals surface area contributed by atoms with Gasteiger partial charge in [-0.05, 0) is 46.9 Å². The molecule has 8 nitrogen and oxygen atoms in total. The second-order valence-corrected chi connectivity index (χ2v) is 7.84. The molecule has 0 saturated heterocycles. The van der Waals surface area contributed by atoms with Gasteiger partial charge in [-0.3, -0.25) is 0 Å². The van der Waals surface area contributed by atoms with Crippen molar-refractivity contribution in [3.05, 3.63) is 83.0 Å². The first-order valence-electron chi connectivity index (χ1n) is 10.7. The summed E-state index contributed by atoms with van der Waals surface area (Å²) >= 11 is 0. The lowest BCUT2D eigenvalue weighted by molar-refractivity contribution is -0.580.